The molecule has 0 saturated heterocycles. The van der Waals surface area contributed by atoms with E-state index in [2.05, 4.69) is 211 Å². The van der Waals surface area contributed by atoms with Crippen molar-refractivity contribution in [2.45, 2.75) is 67.2 Å². The van der Waals surface area contributed by atoms with Crippen molar-refractivity contribution in [1.82, 2.24) is 0 Å². The SMILES string of the molecule is Cc1cccc(C2=CC(c3ccccc3)=CC(c3cccc(C)c3)=[PH]2CCCCCC[PH]2=C(c3ccc(C)cc3C)C=C(c3ccccc3)C=C2c2ccc(C)cc2C)c1. The Balaban J connectivity index is 1.11. The van der Waals surface area contributed by atoms with Gasteiger partial charge in [-0.05, 0) is 168 Å². The Kier molecular flexibility index (Phi) is 13.2. The summed E-state index contributed by atoms with van der Waals surface area (Å²) in [5.41, 5.74) is 18.9. The van der Waals surface area contributed by atoms with E-state index in [9.17, 15) is 0 Å². The number of hydrogen-bond donors (Lipinski definition) is 0. The first kappa shape index (κ1) is 41.6. The molecule has 60 heavy (non-hydrogen) atoms. The van der Waals surface area contributed by atoms with Crippen LogP contribution in [0, 0.1) is 41.5 Å². The molecule has 2 aliphatic rings. The van der Waals surface area contributed by atoms with Crippen LogP contribution in [0.1, 0.15) is 92.4 Å². The Morgan fingerprint density at radius 3 is 1.33 bits per heavy atom. The lowest BCUT2D eigenvalue weighted by atomic mass is 9.97. The van der Waals surface area contributed by atoms with Crippen molar-refractivity contribution in [3.05, 3.63) is 237 Å². The Labute approximate surface area is 361 Å². The van der Waals surface area contributed by atoms with Crippen LogP contribution in [0.4, 0.5) is 0 Å². The maximum absolute atomic E-state index is 2.56. The van der Waals surface area contributed by atoms with Crippen molar-refractivity contribution in [2.24, 2.45) is 0 Å². The van der Waals surface area contributed by atoms with Crippen molar-refractivity contribution in [2.75, 3.05) is 12.3 Å². The lowest BCUT2D eigenvalue weighted by Gasteiger charge is -2.26. The average molecular weight is 819 g/mol. The van der Waals surface area contributed by atoms with Crippen molar-refractivity contribution in [1.29, 1.82) is 0 Å². The average Bonchev–Trinajstić information content (AvgIpc) is 3.25. The summed E-state index contributed by atoms with van der Waals surface area (Å²) in [6.07, 6.45) is 17.7. The monoisotopic (exact) mass is 818 g/mol. The lowest BCUT2D eigenvalue weighted by molar-refractivity contribution is 0.710. The summed E-state index contributed by atoms with van der Waals surface area (Å²) in [6, 6.07) is 54.7. The van der Waals surface area contributed by atoms with Crippen molar-refractivity contribution >= 4 is 47.5 Å². The van der Waals surface area contributed by atoms with Gasteiger partial charge in [0.25, 0.3) is 0 Å². The standard InChI is InChI=1S/C58H60P2/c1-41-19-17-25-49(35-41)55-37-51(47-21-11-9-12-22-47)38-56(50-26-18-20-42(2)36-50)59(55)31-15-7-8-16-32-60-57(53-29-27-43(3)33-45(53)5)39-52(48-23-13-10-14-24-48)40-58(60)54-30-28-44(4)34-46(54)6/h9-14,17-30,33-40,59-60H,7-8,15-16,31-32H2,1-6H3. The van der Waals surface area contributed by atoms with Gasteiger partial charge >= 0.3 is 0 Å². The highest BCUT2D eigenvalue weighted by molar-refractivity contribution is 7.70. The molecule has 0 amide bonds. The van der Waals surface area contributed by atoms with Crippen LogP contribution >= 0.6 is 15.1 Å². The highest BCUT2D eigenvalue weighted by Gasteiger charge is 2.22. The third kappa shape index (κ3) is 9.58. The fourth-order valence-electron chi connectivity index (χ4n) is 9.29. The zero-order valence-corrected chi connectivity index (χ0v) is 38.4. The smallest absolute Gasteiger partial charge is 0.0153 e. The normalized spacial score (nSPS) is 16.6. The minimum Gasteiger partial charge on any atom is -0.0810 e. The quantitative estimate of drug-likeness (QED) is 0.0804. The third-order valence-corrected chi connectivity index (χ3v) is 18.3. The van der Waals surface area contributed by atoms with Crippen LogP contribution < -0.4 is 0 Å². The predicted octanol–water partition coefficient (Wildman–Crippen LogP) is 15.5. The van der Waals surface area contributed by atoms with E-state index in [1.54, 1.807) is 21.2 Å². The van der Waals surface area contributed by atoms with Gasteiger partial charge in [-0.25, -0.2) is 0 Å². The molecule has 0 bridgehead atoms. The van der Waals surface area contributed by atoms with E-state index in [-0.39, 0.29) is 0 Å². The number of aryl methyl sites for hydroxylation is 6. The molecule has 0 spiro atoms. The van der Waals surface area contributed by atoms with E-state index in [0.717, 1.165) is 0 Å². The van der Waals surface area contributed by atoms with Gasteiger partial charge in [-0.2, -0.15) is 0 Å². The molecule has 302 valence electrons. The van der Waals surface area contributed by atoms with Gasteiger partial charge < -0.3 is 0 Å². The summed E-state index contributed by atoms with van der Waals surface area (Å²) < 4.78 is 0. The molecule has 6 aromatic carbocycles. The topological polar surface area (TPSA) is 0 Å². The number of allylic oxidation sites excluding steroid dienone is 6. The van der Waals surface area contributed by atoms with Gasteiger partial charge in [0.05, 0.1) is 0 Å². The Morgan fingerprint density at radius 1 is 0.333 bits per heavy atom. The molecule has 6 aromatic rings. The maximum Gasteiger partial charge on any atom is -0.0153 e. The van der Waals surface area contributed by atoms with Gasteiger partial charge in [-0.15, -0.1) is 0 Å². The van der Waals surface area contributed by atoms with Crippen LogP contribution in [0.15, 0.2) is 170 Å². The van der Waals surface area contributed by atoms with Gasteiger partial charge in [0.2, 0.25) is 0 Å². The van der Waals surface area contributed by atoms with Crippen LogP contribution in [-0.2, 0) is 0 Å². The van der Waals surface area contributed by atoms with E-state index in [0.29, 0.717) is 0 Å². The summed E-state index contributed by atoms with van der Waals surface area (Å²) in [5.74, 6) is 0. The molecule has 2 unspecified atom stereocenters. The summed E-state index contributed by atoms with van der Waals surface area (Å²) in [6.45, 7) is 13.5. The van der Waals surface area contributed by atoms with Gasteiger partial charge in [0, 0.05) is 0 Å². The summed E-state index contributed by atoms with van der Waals surface area (Å²) in [5, 5.41) is 6.22. The highest BCUT2D eigenvalue weighted by atomic mass is 31.1. The molecule has 0 nitrogen and oxygen atoms in total. The summed E-state index contributed by atoms with van der Waals surface area (Å²) in [7, 11) is -2.15. The van der Waals surface area contributed by atoms with E-state index >= 15 is 0 Å². The number of unbranched alkanes of at least 4 members (excludes halogenated alkanes) is 3. The molecule has 2 atom stereocenters. The second kappa shape index (κ2) is 19.1. The fourth-order valence-corrected chi connectivity index (χ4v) is 15.7. The number of hydrogen-bond acceptors (Lipinski definition) is 0. The Bertz CT molecular complexity index is 2730. The first-order valence-electron chi connectivity index (χ1n) is 22.0. The molecule has 0 aromatic heterocycles. The molecule has 0 N–H and O–H groups in total. The largest absolute Gasteiger partial charge is 0.0810 e. The second-order valence-electron chi connectivity index (χ2n) is 17.1. The van der Waals surface area contributed by atoms with Gasteiger partial charge in [0.1, 0.15) is 0 Å². The molecule has 0 radical (unpaired) electrons. The first-order valence-corrected chi connectivity index (χ1v) is 25.4. The molecule has 2 heteroatoms. The van der Waals surface area contributed by atoms with Crippen molar-refractivity contribution < 1.29 is 0 Å². The lowest BCUT2D eigenvalue weighted by Crippen LogP contribution is -2.07. The molecule has 8 rings (SSSR count). The zero-order valence-electron chi connectivity index (χ0n) is 36.4. The van der Waals surface area contributed by atoms with E-state index in [1.165, 1.54) is 116 Å². The minimum atomic E-state index is -1.09. The molecular formula is C58H60P2. The summed E-state index contributed by atoms with van der Waals surface area (Å²) >= 11 is 0. The first-order chi connectivity index (χ1) is 29.2. The van der Waals surface area contributed by atoms with Gasteiger partial charge in [-0.3, -0.25) is 0 Å². The van der Waals surface area contributed by atoms with Crippen molar-refractivity contribution in [3.8, 4) is 0 Å². The van der Waals surface area contributed by atoms with Crippen LogP contribution in [0.5, 0.6) is 0 Å². The molecule has 2 aliphatic heterocycles. The van der Waals surface area contributed by atoms with Crippen LogP contribution in [-0.4, -0.2) is 22.9 Å². The van der Waals surface area contributed by atoms with Crippen LogP contribution in [0.25, 0.3) is 21.8 Å². The number of benzene rings is 6. The van der Waals surface area contributed by atoms with Crippen molar-refractivity contribution in [3.63, 3.8) is 0 Å². The molecular weight excluding hydrogens is 759 g/mol. The zero-order chi connectivity index (χ0) is 41.6. The Morgan fingerprint density at radius 2 is 0.783 bits per heavy atom. The maximum atomic E-state index is 2.56. The molecule has 0 fully saturated rings. The molecule has 0 saturated carbocycles. The second-order valence-corrected chi connectivity index (χ2v) is 22.2. The van der Waals surface area contributed by atoms with Crippen LogP contribution in [0.3, 0.4) is 0 Å². The minimum absolute atomic E-state index is 1.06. The Hall–Kier alpha value is -5.12. The fraction of sp³-hybridized carbons (Fsp3) is 0.207. The van der Waals surface area contributed by atoms with Crippen LogP contribution in [0.2, 0.25) is 0 Å². The highest BCUT2D eigenvalue weighted by Crippen LogP contribution is 2.52. The van der Waals surface area contributed by atoms with Gasteiger partial charge in [0.15, 0.2) is 0 Å². The number of rotatable bonds is 13. The van der Waals surface area contributed by atoms with E-state index < -0.39 is 15.1 Å². The molecule has 2 heterocycles. The third-order valence-electron chi connectivity index (χ3n) is 12.3. The summed E-state index contributed by atoms with van der Waals surface area (Å²) in [4.78, 5) is 0. The molecule has 0 aliphatic carbocycles. The predicted molar refractivity (Wildman–Crippen MR) is 272 cm³/mol. The van der Waals surface area contributed by atoms with Gasteiger partial charge in [-0.1, -0.05) is 196 Å². The van der Waals surface area contributed by atoms with E-state index in [4.69, 9.17) is 0 Å². The van der Waals surface area contributed by atoms with E-state index in [1.807, 2.05) is 0 Å².